The minimum absolute atomic E-state index is 0. The van der Waals surface area contributed by atoms with Gasteiger partial charge in [-0.15, -0.1) is 12.4 Å². The molecule has 0 spiro atoms. The molecule has 2 rings (SSSR count). The summed E-state index contributed by atoms with van der Waals surface area (Å²) in [5.74, 6) is 0.200. The highest BCUT2D eigenvalue weighted by Crippen LogP contribution is 2.27. The average molecular weight is 333 g/mol. The van der Waals surface area contributed by atoms with E-state index in [4.69, 9.17) is 0 Å². The minimum atomic E-state index is -3.39. The first-order valence-corrected chi connectivity index (χ1v) is 8.67. The standard InChI is InChI=1S/C15H24N2O2S.ClH/c1-12(2)14-8-4-5-9-15(14)20(18,19)17-10-6-7-13(11-17)16-3;/h4-5,8-9,12-13,16H,6-7,10-11H2,1-3H3;1H. The van der Waals surface area contributed by atoms with Crippen molar-refractivity contribution in [2.24, 2.45) is 0 Å². The molecule has 4 nitrogen and oxygen atoms in total. The number of benzene rings is 1. The highest BCUT2D eigenvalue weighted by atomic mass is 35.5. The zero-order chi connectivity index (χ0) is 14.8. The average Bonchev–Trinajstić information content (AvgIpc) is 2.47. The molecule has 1 aromatic rings. The second-order valence-corrected chi connectivity index (χ2v) is 7.59. The summed E-state index contributed by atoms with van der Waals surface area (Å²) in [5, 5.41) is 3.19. The molecule has 1 unspecified atom stereocenters. The first-order chi connectivity index (χ1) is 9.46. The summed E-state index contributed by atoms with van der Waals surface area (Å²) in [7, 11) is -1.50. The summed E-state index contributed by atoms with van der Waals surface area (Å²) in [5.41, 5.74) is 0.902. The van der Waals surface area contributed by atoms with E-state index < -0.39 is 10.0 Å². The van der Waals surface area contributed by atoms with Crippen LogP contribution in [0.25, 0.3) is 0 Å². The van der Waals surface area contributed by atoms with Crippen molar-refractivity contribution in [1.29, 1.82) is 0 Å². The van der Waals surface area contributed by atoms with Crippen LogP contribution in [0.2, 0.25) is 0 Å². The third-order valence-electron chi connectivity index (χ3n) is 3.95. The lowest BCUT2D eigenvalue weighted by atomic mass is 10.0. The van der Waals surface area contributed by atoms with Gasteiger partial charge in [0.2, 0.25) is 10.0 Å². The molecule has 0 aromatic heterocycles. The van der Waals surface area contributed by atoms with Gasteiger partial charge in [0.1, 0.15) is 0 Å². The van der Waals surface area contributed by atoms with Gasteiger partial charge in [0.15, 0.2) is 0 Å². The molecular weight excluding hydrogens is 308 g/mol. The molecule has 6 heteroatoms. The van der Waals surface area contributed by atoms with Gasteiger partial charge in [0.25, 0.3) is 0 Å². The van der Waals surface area contributed by atoms with Crippen LogP contribution in [0.1, 0.15) is 38.2 Å². The summed E-state index contributed by atoms with van der Waals surface area (Å²) in [6.45, 7) is 5.24. The molecule has 1 aromatic carbocycles. The van der Waals surface area contributed by atoms with E-state index in [1.54, 1.807) is 16.4 Å². The third-order valence-corrected chi connectivity index (χ3v) is 5.89. The topological polar surface area (TPSA) is 49.4 Å². The number of nitrogens with one attached hydrogen (secondary N) is 1. The van der Waals surface area contributed by atoms with E-state index in [0.717, 1.165) is 18.4 Å². The van der Waals surface area contributed by atoms with Crippen molar-refractivity contribution in [3.63, 3.8) is 0 Å². The lowest BCUT2D eigenvalue weighted by Gasteiger charge is -2.32. The molecular formula is C15H25ClN2O2S. The Morgan fingerprint density at radius 1 is 1.29 bits per heavy atom. The molecule has 0 bridgehead atoms. The van der Waals surface area contributed by atoms with Crippen molar-refractivity contribution in [1.82, 2.24) is 9.62 Å². The fourth-order valence-corrected chi connectivity index (χ4v) is 4.60. The van der Waals surface area contributed by atoms with Crippen LogP contribution in [-0.2, 0) is 10.0 Å². The number of sulfonamides is 1. The molecule has 0 saturated carbocycles. The van der Waals surface area contributed by atoms with Crippen LogP contribution in [0.5, 0.6) is 0 Å². The summed E-state index contributed by atoms with van der Waals surface area (Å²) < 4.78 is 27.4. The number of halogens is 1. The maximum atomic E-state index is 12.9. The monoisotopic (exact) mass is 332 g/mol. The Labute approximate surface area is 134 Å². The Bertz CT molecular complexity index is 561. The van der Waals surface area contributed by atoms with Crippen LogP contribution in [0.3, 0.4) is 0 Å². The second-order valence-electron chi connectivity index (χ2n) is 5.68. The van der Waals surface area contributed by atoms with Crippen LogP contribution in [0.15, 0.2) is 29.2 Å². The van der Waals surface area contributed by atoms with Gasteiger partial charge in [0.05, 0.1) is 4.90 Å². The molecule has 120 valence electrons. The van der Waals surface area contributed by atoms with Crippen molar-refractivity contribution < 1.29 is 8.42 Å². The SMILES string of the molecule is CNC1CCCN(S(=O)(=O)c2ccccc2C(C)C)C1.Cl. The Morgan fingerprint density at radius 3 is 2.57 bits per heavy atom. The molecule has 1 saturated heterocycles. The Balaban J connectivity index is 0.00000220. The number of hydrogen-bond donors (Lipinski definition) is 1. The van der Waals surface area contributed by atoms with E-state index in [-0.39, 0.29) is 24.4 Å². The van der Waals surface area contributed by atoms with Crippen LogP contribution >= 0.6 is 12.4 Å². The lowest BCUT2D eigenvalue weighted by molar-refractivity contribution is 0.292. The number of hydrogen-bond acceptors (Lipinski definition) is 3. The molecule has 1 atom stereocenters. The van der Waals surface area contributed by atoms with Crippen molar-refractivity contribution in [2.75, 3.05) is 20.1 Å². The maximum absolute atomic E-state index is 12.9. The second kappa shape index (κ2) is 7.58. The van der Waals surface area contributed by atoms with E-state index in [1.165, 1.54) is 0 Å². The molecule has 1 N–H and O–H groups in total. The Kier molecular flexibility index (Phi) is 6.66. The zero-order valence-electron chi connectivity index (χ0n) is 12.9. The molecule has 21 heavy (non-hydrogen) atoms. The third kappa shape index (κ3) is 3.97. The van der Waals surface area contributed by atoms with Crippen LogP contribution in [-0.4, -0.2) is 38.9 Å². The highest BCUT2D eigenvalue weighted by Gasteiger charge is 2.31. The van der Waals surface area contributed by atoms with E-state index in [2.05, 4.69) is 5.32 Å². The van der Waals surface area contributed by atoms with Crippen molar-refractivity contribution in [3.05, 3.63) is 29.8 Å². The summed E-state index contributed by atoms with van der Waals surface area (Å²) in [6, 6.07) is 7.61. The minimum Gasteiger partial charge on any atom is -0.316 e. The van der Waals surface area contributed by atoms with Gasteiger partial charge < -0.3 is 5.32 Å². The maximum Gasteiger partial charge on any atom is 0.243 e. The van der Waals surface area contributed by atoms with Crippen molar-refractivity contribution >= 4 is 22.4 Å². The van der Waals surface area contributed by atoms with Gasteiger partial charge in [-0.25, -0.2) is 8.42 Å². The molecule has 0 aliphatic carbocycles. The predicted octanol–water partition coefficient (Wildman–Crippen LogP) is 2.60. The van der Waals surface area contributed by atoms with Crippen molar-refractivity contribution in [2.45, 2.75) is 43.5 Å². The summed E-state index contributed by atoms with van der Waals surface area (Å²) in [6.07, 6.45) is 1.95. The Morgan fingerprint density at radius 2 is 1.95 bits per heavy atom. The van der Waals surface area contributed by atoms with Crippen molar-refractivity contribution in [3.8, 4) is 0 Å². The van der Waals surface area contributed by atoms with Crippen LogP contribution in [0, 0.1) is 0 Å². The quantitative estimate of drug-likeness (QED) is 0.922. The predicted molar refractivity (Wildman–Crippen MR) is 88.6 cm³/mol. The van der Waals surface area contributed by atoms with Gasteiger partial charge in [-0.1, -0.05) is 32.0 Å². The largest absolute Gasteiger partial charge is 0.316 e. The number of piperidine rings is 1. The number of rotatable bonds is 4. The normalized spacial score (nSPS) is 20.3. The fraction of sp³-hybridized carbons (Fsp3) is 0.600. The summed E-state index contributed by atoms with van der Waals surface area (Å²) >= 11 is 0. The zero-order valence-corrected chi connectivity index (χ0v) is 14.5. The molecule has 0 amide bonds. The van der Waals surface area contributed by atoms with Gasteiger partial charge >= 0.3 is 0 Å². The fourth-order valence-electron chi connectivity index (χ4n) is 2.73. The first kappa shape index (κ1) is 18.4. The number of likely N-dealkylation sites (N-methyl/N-ethyl adjacent to an activating group) is 1. The van der Waals surface area contributed by atoms with E-state index in [9.17, 15) is 8.42 Å². The van der Waals surface area contributed by atoms with E-state index in [1.807, 2.05) is 33.0 Å². The van der Waals surface area contributed by atoms with Gasteiger partial charge in [-0.3, -0.25) is 0 Å². The van der Waals surface area contributed by atoms with Gasteiger partial charge in [-0.05, 0) is 37.4 Å². The molecule has 1 aliphatic heterocycles. The van der Waals surface area contributed by atoms with Crippen LogP contribution in [0.4, 0.5) is 0 Å². The number of nitrogens with zero attached hydrogens (tertiary/aromatic N) is 1. The molecule has 1 aliphatic rings. The smallest absolute Gasteiger partial charge is 0.243 e. The van der Waals surface area contributed by atoms with E-state index in [0.29, 0.717) is 18.0 Å². The first-order valence-electron chi connectivity index (χ1n) is 7.23. The summed E-state index contributed by atoms with van der Waals surface area (Å²) in [4.78, 5) is 0.465. The molecule has 1 fully saturated rings. The van der Waals surface area contributed by atoms with Gasteiger partial charge in [0, 0.05) is 19.1 Å². The van der Waals surface area contributed by atoms with Gasteiger partial charge in [-0.2, -0.15) is 4.31 Å². The molecule has 1 heterocycles. The Hall–Kier alpha value is -0.620. The molecule has 0 radical (unpaired) electrons. The highest BCUT2D eigenvalue weighted by molar-refractivity contribution is 7.89. The van der Waals surface area contributed by atoms with Crippen LogP contribution < -0.4 is 5.32 Å². The van der Waals surface area contributed by atoms with E-state index >= 15 is 0 Å². The lowest BCUT2D eigenvalue weighted by Crippen LogP contribution is -2.47.